The van der Waals surface area contributed by atoms with Gasteiger partial charge in [0.25, 0.3) is 11.6 Å². The van der Waals surface area contributed by atoms with E-state index in [-0.39, 0.29) is 18.1 Å². The lowest BCUT2D eigenvalue weighted by atomic mass is 10.1. The highest BCUT2D eigenvalue weighted by molar-refractivity contribution is 5.95. The van der Waals surface area contributed by atoms with Crippen molar-refractivity contribution in [1.82, 2.24) is 5.32 Å². The Morgan fingerprint density at radius 1 is 1.50 bits per heavy atom. The van der Waals surface area contributed by atoms with Crippen molar-refractivity contribution in [1.29, 1.82) is 0 Å². The minimum atomic E-state index is -1.01. The summed E-state index contributed by atoms with van der Waals surface area (Å²) in [4.78, 5) is 23.7. The number of nitro benzene ring substituents is 1. The first-order valence-electron chi connectivity index (χ1n) is 6.10. The van der Waals surface area contributed by atoms with Crippen LogP contribution in [0.25, 0.3) is 0 Å². The molecular weight excluding hydrogens is 262 g/mol. The molecule has 7 heteroatoms. The lowest BCUT2D eigenvalue weighted by Gasteiger charge is -2.27. The molecule has 0 heterocycles. The van der Waals surface area contributed by atoms with Crippen LogP contribution in [-0.4, -0.2) is 42.2 Å². The smallest absolute Gasteiger partial charge is 0.292 e. The molecule has 0 atom stereocenters. The van der Waals surface area contributed by atoms with Gasteiger partial charge in [-0.15, -0.1) is 0 Å². The van der Waals surface area contributed by atoms with Gasteiger partial charge in [0.1, 0.15) is 5.69 Å². The van der Waals surface area contributed by atoms with Crippen molar-refractivity contribution in [2.24, 2.45) is 0 Å². The highest BCUT2D eigenvalue weighted by Gasteiger charge is 2.23. The van der Waals surface area contributed by atoms with Gasteiger partial charge in [0.15, 0.2) is 0 Å². The largest absolute Gasteiger partial charge is 0.389 e. The minimum Gasteiger partial charge on any atom is -0.389 e. The Kier molecular flexibility index (Phi) is 4.67. The number of amides is 1. The molecule has 1 rings (SSSR count). The second kappa shape index (κ2) is 5.87. The number of nitrogens with one attached hydrogen (secondary N) is 1. The molecule has 0 bridgehead atoms. The third kappa shape index (κ3) is 3.92. The molecule has 1 amide bonds. The number of aliphatic hydroxyl groups is 1. The number of carbonyl (C=O) groups excluding carboxylic acids is 1. The van der Waals surface area contributed by atoms with Gasteiger partial charge in [0, 0.05) is 32.3 Å². The number of anilines is 1. The molecular formula is C13H19N3O4. The maximum atomic E-state index is 11.6. The van der Waals surface area contributed by atoms with Gasteiger partial charge in [-0.05, 0) is 26.0 Å². The Balaban J connectivity index is 3.25. The molecule has 0 saturated carbocycles. The van der Waals surface area contributed by atoms with E-state index in [9.17, 15) is 20.0 Å². The average Bonchev–Trinajstić information content (AvgIpc) is 2.34. The molecule has 0 aliphatic carbocycles. The Labute approximate surface area is 117 Å². The van der Waals surface area contributed by atoms with E-state index >= 15 is 0 Å². The zero-order valence-corrected chi connectivity index (χ0v) is 12.0. The summed E-state index contributed by atoms with van der Waals surface area (Å²) in [7, 11) is 3.12. The summed E-state index contributed by atoms with van der Waals surface area (Å²) in [6, 6.07) is 4.14. The fraction of sp³-hybridized carbons (Fsp3) is 0.462. The van der Waals surface area contributed by atoms with Gasteiger partial charge in [-0.1, -0.05) is 0 Å². The third-order valence-electron chi connectivity index (χ3n) is 2.70. The van der Waals surface area contributed by atoms with Crippen LogP contribution < -0.4 is 10.2 Å². The normalized spacial score (nSPS) is 11.1. The molecule has 1 aromatic carbocycles. The van der Waals surface area contributed by atoms with Crippen LogP contribution in [0, 0.1) is 10.1 Å². The van der Waals surface area contributed by atoms with Crippen molar-refractivity contribution in [3.63, 3.8) is 0 Å². The van der Waals surface area contributed by atoms with Gasteiger partial charge in [0.2, 0.25) is 0 Å². The highest BCUT2D eigenvalue weighted by atomic mass is 16.6. The van der Waals surface area contributed by atoms with Crippen LogP contribution in [-0.2, 0) is 0 Å². The summed E-state index contributed by atoms with van der Waals surface area (Å²) in [6.45, 7) is 3.42. The van der Waals surface area contributed by atoms with E-state index in [2.05, 4.69) is 5.32 Å². The van der Waals surface area contributed by atoms with Crippen LogP contribution in [0.4, 0.5) is 11.4 Å². The number of nitro groups is 1. The van der Waals surface area contributed by atoms with Crippen LogP contribution in [0.15, 0.2) is 18.2 Å². The molecule has 0 aliphatic rings. The molecule has 0 fully saturated rings. The molecule has 0 unspecified atom stereocenters. The summed E-state index contributed by atoms with van der Waals surface area (Å²) in [5.74, 6) is -0.321. The van der Waals surface area contributed by atoms with E-state index in [1.807, 2.05) is 0 Å². The molecule has 0 saturated heterocycles. The van der Waals surface area contributed by atoms with Crippen LogP contribution in [0.2, 0.25) is 0 Å². The molecule has 0 aliphatic heterocycles. The first kappa shape index (κ1) is 15.9. The Hall–Kier alpha value is -2.15. The predicted octanol–water partition coefficient (Wildman–Crippen LogP) is 1.16. The fourth-order valence-corrected chi connectivity index (χ4v) is 1.93. The standard InChI is InChI=1S/C13H19N3O4/c1-13(2,18)8-15(4)11-7-9(12(17)14-3)5-6-10(11)16(19)20/h5-7,18H,8H2,1-4H3,(H,14,17). The molecule has 2 N–H and O–H groups in total. The molecule has 0 spiro atoms. The summed E-state index contributed by atoms with van der Waals surface area (Å²) >= 11 is 0. The van der Waals surface area contributed by atoms with Crippen molar-refractivity contribution in [3.05, 3.63) is 33.9 Å². The van der Waals surface area contributed by atoms with Crippen LogP contribution in [0.1, 0.15) is 24.2 Å². The third-order valence-corrected chi connectivity index (χ3v) is 2.70. The van der Waals surface area contributed by atoms with E-state index in [1.54, 1.807) is 25.8 Å². The number of benzene rings is 1. The summed E-state index contributed by atoms with van der Waals surface area (Å²) in [6.07, 6.45) is 0. The predicted molar refractivity (Wildman–Crippen MR) is 76.1 cm³/mol. The van der Waals surface area contributed by atoms with E-state index in [0.717, 1.165) is 0 Å². The summed E-state index contributed by atoms with van der Waals surface area (Å²) < 4.78 is 0. The number of nitrogens with zero attached hydrogens (tertiary/aromatic N) is 2. The van der Waals surface area contributed by atoms with Gasteiger partial charge in [-0.2, -0.15) is 0 Å². The second-order valence-corrected chi connectivity index (χ2v) is 5.21. The number of carbonyl (C=O) groups is 1. The zero-order valence-electron chi connectivity index (χ0n) is 12.0. The van der Waals surface area contributed by atoms with Crippen molar-refractivity contribution in [3.8, 4) is 0 Å². The maximum Gasteiger partial charge on any atom is 0.292 e. The lowest BCUT2D eigenvalue weighted by Crippen LogP contribution is -2.36. The quantitative estimate of drug-likeness (QED) is 0.623. The number of rotatable bonds is 5. The Bertz CT molecular complexity index is 523. The molecule has 0 aromatic heterocycles. The van der Waals surface area contributed by atoms with Gasteiger partial charge in [0.05, 0.1) is 10.5 Å². The minimum absolute atomic E-state index is 0.107. The summed E-state index contributed by atoms with van der Waals surface area (Å²) in [5.41, 5.74) is -0.496. The second-order valence-electron chi connectivity index (χ2n) is 5.21. The van der Waals surface area contributed by atoms with Crippen molar-refractivity contribution < 1.29 is 14.8 Å². The number of hydrogen-bond acceptors (Lipinski definition) is 5. The molecule has 110 valence electrons. The Morgan fingerprint density at radius 3 is 2.55 bits per heavy atom. The van der Waals surface area contributed by atoms with Crippen molar-refractivity contribution in [2.75, 3.05) is 25.5 Å². The van der Waals surface area contributed by atoms with E-state index in [0.29, 0.717) is 11.3 Å². The van der Waals surface area contributed by atoms with Crippen molar-refractivity contribution >= 4 is 17.3 Å². The summed E-state index contributed by atoms with van der Waals surface area (Å²) in [5, 5.41) is 23.3. The fourth-order valence-electron chi connectivity index (χ4n) is 1.93. The van der Waals surface area contributed by atoms with Gasteiger partial charge < -0.3 is 15.3 Å². The SMILES string of the molecule is CNC(=O)c1ccc([N+](=O)[O-])c(N(C)CC(C)(C)O)c1. The van der Waals surface area contributed by atoms with Crippen LogP contribution in [0.5, 0.6) is 0 Å². The monoisotopic (exact) mass is 281 g/mol. The van der Waals surface area contributed by atoms with E-state index < -0.39 is 10.5 Å². The van der Waals surface area contributed by atoms with Gasteiger partial charge >= 0.3 is 0 Å². The maximum absolute atomic E-state index is 11.6. The van der Waals surface area contributed by atoms with Crippen LogP contribution >= 0.6 is 0 Å². The zero-order chi connectivity index (χ0) is 15.5. The van der Waals surface area contributed by atoms with E-state index in [4.69, 9.17) is 0 Å². The molecule has 1 aromatic rings. The van der Waals surface area contributed by atoms with Gasteiger partial charge in [-0.25, -0.2) is 0 Å². The van der Waals surface area contributed by atoms with Crippen molar-refractivity contribution in [2.45, 2.75) is 19.4 Å². The van der Waals surface area contributed by atoms with Gasteiger partial charge in [-0.3, -0.25) is 14.9 Å². The number of hydrogen-bond donors (Lipinski definition) is 2. The lowest BCUT2D eigenvalue weighted by molar-refractivity contribution is -0.384. The molecule has 7 nitrogen and oxygen atoms in total. The molecule has 20 heavy (non-hydrogen) atoms. The number of likely N-dealkylation sites (N-methyl/N-ethyl adjacent to an activating group) is 1. The topological polar surface area (TPSA) is 95.7 Å². The molecule has 0 radical (unpaired) electrons. The first-order valence-corrected chi connectivity index (χ1v) is 6.10. The first-order chi connectivity index (χ1) is 9.15. The van der Waals surface area contributed by atoms with Crippen LogP contribution in [0.3, 0.4) is 0 Å². The van der Waals surface area contributed by atoms with E-state index in [1.165, 1.54) is 25.2 Å². The average molecular weight is 281 g/mol. The Morgan fingerprint density at radius 2 is 2.10 bits per heavy atom. The highest BCUT2D eigenvalue weighted by Crippen LogP contribution is 2.29.